The van der Waals surface area contributed by atoms with E-state index < -0.39 is 5.60 Å². The zero-order valence-electron chi connectivity index (χ0n) is 10.7. The Morgan fingerprint density at radius 1 is 1.50 bits per heavy atom. The van der Waals surface area contributed by atoms with Gasteiger partial charge in [-0.2, -0.15) is 0 Å². The summed E-state index contributed by atoms with van der Waals surface area (Å²) in [7, 11) is 0. The Morgan fingerprint density at radius 2 is 2.33 bits per heavy atom. The molecule has 0 amide bonds. The fraction of sp³-hybridized carbons (Fsp3) is 0.533. The fourth-order valence-corrected chi connectivity index (χ4v) is 3.06. The van der Waals surface area contributed by atoms with Crippen molar-refractivity contribution >= 4 is 11.6 Å². The van der Waals surface area contributed by atoms with Crippen LogP contribution in [0.15, 0.2) is 24.3 Å². The van der Waals surface area contributed by atoms with Gasteiger partial charge in [-0.3, -0.25) is 0 Å². The van der Waals surface area contributed by atoms with E-state index in [-0.39, 0.29) is 5.92 Å². The van der Waals surface area contributed by atoms with Gasteiger partial charge in [0.15, 0.2) is 0 Å². The molecule has 0 saturated carbocycles. The van der Waals surface area contributed by atoms with Crippen molar-refractivity contribution in [1.82, 2.24) is 5.32 Å². The molecule has 2 N–H and O–H groups in total. The number of hydrogen-bond donors (Lipinski definition) is 2. The van der Waals surface area contributed by atoms with Crippen LogP contribution in [0.1, 0.15) is 31.2 Å². The molecule has 1 radical (unpaired) electrons. The van der Waals surface area contributed by atoms with Crippen LogP contribution in [0.2, 0.25) is 5.02 Å². The van der Waals surface area contributed by atoms with Gasteiger partial charge in [-0.25, -0.2) is 0 Å². The Labute approximate surface area is 114 Å². The van der Waals surface area contributed by atoms with Gasteiger partial charge in [-0.1, -0.05) is 37.1 Å². The van der Waals surface area contributed by atoms with Crippen LogP contribution in [0.25, 0.3) is 0 Å². The van der Waals surface area contributed by atoms with Gasteiger partial charge in [-0.15, -0.1) is 0 Å². The number of benzene rings is 1. The average Bonchev–Trinajstić information content (AvgIpc) is 2.40. The van der Waals surface area contributed by atoms with E-state index in [4.69, 9.17) is 11.6 Å². The molecule has 0 aromatic heterocycles. The predicted molar refractivity (Wildman–Crippen MR) is 75.5 cm³/mol. The molecule has 0 unspecified atom stereocenters. The Hall–Kier alpha value is -0.570. The lowest BCUT2D eigenvalue weighted by molar-refractivity contribution is -0.0400. The largest absolute Gasteiger partial charge is 0.385 e. The lowest BCUT2D eigenvalue weighted by Crippen LogP contribution is -2.44. The Bertz CT molecular complexity index is 390. The molecule has 0 bridgehead atoms. The van der Waals surface area contributed by atoms with E-state index in [9.17, 15) is 5.11 Å². The third-order valence-corrected chi connectivity index (χ3v) is 4.09. The van der Waals surface area contributed by atoms with Crippen LogP contribution < -0.4 is 5.32 Å². The fourth-order valence-electron chi connectivity index (χ4n) is 2.87. The Balaban J connectivity index is 2.29. The van der Waals surface area contributed by atoms with Crippen LogP contribution >= 0.6 is 11.6 Å². The van der Waals surface area contributed by atoms with Crippen molar-refractivity contribution in [3.63, 3.8) is 0 Å². The summed E-state index contributed by atoms with van der Waals surface area (Å²) in [4.78, 5) is 0. The third-order valence-electron chi connectivity index (χ3n) is 3.85. The summed E-state index contributed by atoms with van der Waals surface area (Å²) in [5.74, 6) is 0.242. The molecule has 18 heavy (non-hydrogen) atoms. The molecule has 1 fully saturated rings. The van der Waals surface area contributed by atoms with E-state index in [0.29, 0.717) is 11.4 Å². The highest BCUT2D eigenvalue weighted by Gasteiger charge is 2.38. The lowest BCUT2D eigenvalue weighted by atomic mass is 9.75. The molecular weight excluding hydrogens is 246 g/mol. The van der Waals surface area contributed by atoms with Crippen molar-refractivity contribution in [2.75, 3.05) is 13.1 Å². The second kappa shape index (κ2) is 6.05. The molecule has 1 saturated heterocycles. The number of rotatable bonds is 4. The van der Waals surface area contributed by atoms with Gasteiger partial charge in [-0.05, 0) is 43.5 Å². The molecular formula is C15H21ClNO. The molecule has 1 aromatic carbocycles. The monoisotopic (exact) mass is 266 g/mol. The van der Waals surface area contributed by atoms with Gasteiger partial charge in [0.2, 0.25) is 0 Å². The van der Waals surface area contributed by atoms with E-state index in [1.807, 2.05) is 24.3 Å². The molecule has 0 aliphatic carbocycles. The molecule has 2 atom stereocenters. The topological polar surface area (TPSA) is 32.3 Å². The van der Waals surface area contributed by atoms with Crippen molar-refractivity contribution < 1.29 is 5.11 Å². The van der Waals surface area contributed by atoms with E-state index in [0.717, 1.165) is 37.9 Å². The normalized spacial score (nSPS) is 23.6. The highest BCUT2D eigenvalue weighted by molar-refractivity contribution is 6.30. The second-order valence-corrected chi connectivity index (χ2v) is 5.52. The van der Waals surface area contributed by atoms with Crippen LogP contribution in [0.5, 0.6) is 0 Å². The first kappa shape index (κ1) is 13.9. The summed E-state index contributed by atoms with van der Waals surface area (Å²) in [5.41, 5.74) is 0.118. The molecule has 0 spiro atoms. The van der Waals surface area contributed by atoms with Crippen LogP contribution in [0, 0.1) is 12.8 Å². The predicted octanol–water partition coefficient (Wildman–Crippen LogP) is 3.14. The molecule has 1 aliphatic heterocycles. The third kappa shape index (κ3) is 2.87. The zero-order valence-corrected chi connectivity index (χ0v) is 11.4. The summed E-state index contributed by atoms with van der Waals surface area (Å²) >= 11 is 6.05. The first-order valence-electron chi connectivity index (χ1n) is 6.65. The van der Waals surface area contributed by atoms with Crippen molar-refractivity contribution in [1.29, 1.82) is 0 Å². The minimum Gasteiger partial charge on any atom is -0.385 e. The minimum absolute atomic E-state index is 0.242. The van der Waals surface area contributed by atoms with Crippen LogP contribution in [-0.4, -0.2) is 18.2 Å². The summed E-state index contributed by atoms with van der Waals surface area (Å²) < 4.78 is 0. The van der Waals surface area contributed by atoms with E-state index in [2.05, 4.69) is 12.2 Å². The van der Waals surface area contributed by atoms with E-state index >= 15 is 0 Å². The second-order valence-electron chi connectivity index (χ2n) is 5.08. The van der Waals surface area contributed by atoms with Gasteiger partial charge < -0.3 is 10.4 Å². The maximum absolute atomic E-state index is 11.1. The van der Waals surface area contributed by atoms with Gasteiger partial charge in [0, 0.05) is 17.5 Å². The van der Waals surface area contributed by atoms with Crippen molar-refractivity contribution in [2.24, 2.45) is 5.92 Å². The Kier molecular flexibility index (Phi) is 4.66. The number of aliphatic hydroxyl groups is 1. The molecule has 1 aromatic rings. The van der Waals surface area contributed by atoms with Gasteiger partial charge >= 0.3 is 0 Å². The van der Waals surface area contributed by atoms with E-state index in [1.54, 1.807) is 0 Å². The molecule has 1 heterocycles. The maximum atomic E-state index is 11.1. The zero-order chi connectivity index (χ0) is 13.0. The van der Waals surface area contributed by atoms with Gasteiger partial charge in [0.1, 0.15) is 0 Å². The standard InChI is InChI=1S/C15H21ClNO/c1-2-8-15(18,13-6-4-9-17-11-13)12-5-3-7-14(16)10-12/h3,5,7,10,13,17-18H,1-2,4,6,8-9,11H2/t13-,15-/m1/s1. The lowest BCUT2D eigenvalue weighted by Gasteiger charge is -2.39. The minimum atomic E-state index is -0.805. The number of nitrogens with one attached hydrogen (secondary N) is 1. The average molecular weight is 267 g/mol. The highest BCUT2D eigenvalue weighted by atomic mass is 35.5. The van der Waals surface area contributed by atoms with E-state index in [1.165, 1.54) is 0 Å². The summed E-state index contributed by atoms with van der Waals surface area (Å²) in [6.45, 7) is 5.81. The van der Waals surface area contributed by atoms with Crippen LogP contribution in [-0.2, 0) is 5.60 Å². The molecule has 2 nitrogen and oxygen atoms in total. The van der Waals surface area contributed by atoms with Crippen molar-refractivity contribution in [3.05, 3.63) is 41.8 Å². The van der Waals surface area contributed by atoms with Crippen molar-refractivity contribution in [2.45, 2.75) is 31.3 Å². The number of halogens is 1. The molecule has 1 aliphatic rings. The first-order valence-corrected chi connectivity index (χ1v) is 7.03. The van der Waals surface area contributed by atoms with Crippen LogP contribution in [0.3, 0.4) is 0 Å². The van der Waals surface area contributed by atoms with Crippen molar-refractivity contribution in [3.8, 4) is 0 Å². The molecule has 3 heteroatoms. The van der Waals surface area contributed by atoms with Gasteiger partial charge in [0.05, 0.1) is 5.60 Å². The summed E-state index contributed by atoms with van der Waals surface area (Å²) in [6.07, 6.45) is 3.57. The molecule has 2 rings (SSSR count). The van der Waals surface area contributed by atoms with Crippen LogP contribution in [0.4, 0.5) is 0 Å². The smallest absolute Gasteiger partial charge is 0.0937 e. The first-order chi connectivity index (χ1) is 8.66. The SMILES string of the molecule is [CH2]CC[C@@](O)(c1cccc(Cl)c1)[C@@H]1CCCNC1. The maximum Gasteiger partial charge on any atom is 0.0937 e. The summed E-state index contributed by atoms with van der Waals surface area (Å²) in [6, 6.07) is 7.60. The molecule has 99 valence electrons. The number of piperidine rings is 1. The quantitative estimate of drug-likeness (QED) is 0.878. The highest BCUT2D eigenvalue weighted by Crippen LogP contribution is 2.38. The Morgan fingerprint density at radius 3 is 2.94 bits per heavy atom. The summed E-state index contributed by atoms with van der Waals surface area (Å²) in [5, 5.41) is 15.1. The number of hydrogen-bond acceptors (Lipinski definition) is 2. The van der Waals surface area contributed by atoms with Gasteiger partial charge in [0.25, 0.3) is 0 Å².